The first-order chi connectivity index (χ1) is 9.20. The maximum Gasteiger partial charge on any atom is 0.310 e. The van der Waals surface area contributed by atoms with Crippen molar-refractivity contribution < 1.29 is 14.7 Å². The van der Waals surface area contributed by atoms with Crippen molar-refractivity contribution in [2.75, 3.05) is 7.05 Å². The Morgan fingerprint density at radius 1 is 1.40 bits per heavy atom. The Hall–Kier alpha value is -1.36. The summed E-state index contributed by atoms with van der Waals surface area (Å²) in [4.78, 5) is 26.6. The van der Waals surface area contributed by atoms with Gasteiger partial charge in [0.05, 0.1) is 11.5 Å². The summed E-state index contributed by atoms with van der Waals surface area (Å²) >= 11 is 1.60. The van der Waals surface area contributed by atoms with E-state index in [0.29, 0.717) is 0 Å². The lowest BCUT2D eigenvalue weighted by atomic mass is 9.76. The van der Waals surface area contributed by atoms with Gasteiger partial charge in [-0.3, -0.25) is 9.59 Å². The molecule has 0 radical (unpaired) electrons. The predicted octanol–water partition coefficient (Wildman–Crippen LogP) is 3.40. The molecule has 4 nitrogen and oxygen atoms in total. The first kappa shape index (κ1) is 16.7. The molecule has 1 N–H and O–H groups in total. The van der Waals surface area contributed by atoms with Crippen molar-refractivity contribution in [2.45, 2.75) is 40.2 Å². The number of hydrogen-bond acceptors (Lipinski definition) is 3. The third-order valence-electron chi connectivity index (χ3n) is 4.21. The first-order valence-electron chi connectivity index (χ1n) is 6.72. The Morgan fingerprint density at radius 3 is 2.40 bits per heavy atom. The summed E-state index contributed by atoms with van der Waals surface area (Å²) in [5, 5.41) is 11.4. The van der Waals surface area contributed by atoms with Crippen LogP contribution in [0.4, 0.5) is 0 Å². The van der Waals surface area contributed by atoms with Gasteiger partial charge in [0.1, 0.15) is 0 Å². The second kappa shape index (κ2) is 6.39. The zero-order valence-electron chi connectivity index (χ0n) is 12.7. The molecule has 1 rings (SSSR count). The average molecular weight is 297 g/mol. The van der Waals surface area contributed by atoms with Gasteiger partial charge in [-0.25, -0.2) is 0 Å². The third kappa shape index (κ3) is 3.39. The lowest BCUT2D eigenvalue weighted by Crippen LogP contribution is -2.40. The summed E-state index contributed by atoms with van der Waals surface area (Å²) < 4.78 is 0. The Morgan fingerprint density at radius 2 is 2.00 bits per heavy atom. The van der Waals surface area contributed by atoms with E-state index in [0.717, 1.165) is 4.88 Å². The van der Waals surface area contributed by atoms with Crippen LogP contribution >= 0.6 is 11.3 Å². The van der Waals surface area contributed by atoms with Crippen molar-refractivity contribution in [3.63, 3.8) is 0 Å². The van der Waals surface area contributed by atoms with Gasteiger partial charge in [-0.1, -0.05) is 19.9 Å². The van der Waals surface area contributed by atoms with E-state index in [1.165, 1.54) is 0 Å². The summed E-state index contributed by atoms with van der Waals surface area (Å²) in [6.07, 6.45) is 0.0201. The molecule has 1 aromatic rings. The SMILES string of the molecule is CC(c1cccs1)N(C)C(=O)CC(C)(C(=O)O)C(C)C. The Labute approximate surface area is 124 Å². The monoisotopic (exact) mass is 297 g/mol. The van der Waals surface area contributed by atoms with Crippen molar-refractivity contribution >= 4 is 23.2 Å². The number of aliphatic carboxylic acids is 1. The molecule has 112 valence electrons. The van der Waals surface area contributed by atoms with Crippen LogP contribution < -0.4 is 0 Å². The van der Waals surface area contributed by atoms with Crippen LogP contribution in [0.1, 0.15) is 45.0 Å². The number of carbonyl (C=O) groups is 2. The molecule has 0 aliphatic heterocycles. The fourth-order valence-electron chi connectivity index (χ4n) is 1.90. The van der Waals surface area contributed by atoms with Crippen LogP contribution in [-0.2, 0) is 9.59 Å². The number of carboxylic acids is 1. The minimum absolute atomic E-state index is 0.0201. The second-order valence-corrected chi connectivity index (χ2v) is 6.73. The molecule has 0 fully saturated rings. The predicted molar refractivity (Wildman–Crippen MR) is 80.7 cm³/mol. The normalized spacial score (nSPS) is 15.7. The molecule has 5 heteroatoms. The van der Waals surface area contributed by atoms with Gasteiger partial charge in [-0.2, -0.15) is 0 Å². The number of amides is 1. The van der Waals surface area contributed by atoms with Crippen LogP contribution in [0.15, 0.2) is 17.5 Å². The maximum absolute atomic E-state index is 12.4. The highest BCUT2D eigenvalue weighted by atomic mass is 32.1. The molecular weight excluding hydrogens is 274 g/mol. The van der Waals surface area contributed by atoms with E-state index in [-0.39, 0.29) is 24.3 Å². The zero-order chi connectivity index (χ0) is 15.5. The molecule has 0 saturated carbocycles. The van der Waals surface area contributed by atoms with E-state index in [2.05, 4.69) is 0 Å². The van der Waals surface area contributed by atoms with Crippen molar-refractivity contribution in [1.82, 2.24) is 4.90 Å². The van der Waals surface area contributed by atoms with Gasteiger partial charge in [0.25, 0.3) is 0 Å². The van der Waals surface area contributed by atoms with Crippen LogP contribution in [0.5, 0.6) is 0 Å². The third-order valence-corrected chi connectivity index (χ3v) is 5.25. The smallest absolute Gasteiger partial charge is 0.310 e. The Bertz CT molecular complexity index is 469. The van der Waals surface area contributed by atoms with E-state index in [9.17, 15) is 14.7 Å². The summed E-state index contributed by atoms with van der Waals surface area (Å²) in [6, 6.07) is 3.90. The second-order valence-electron chi connectivity index (χ2n) is 5.75. The van der Waals surface area contributed by atoms with E-state index in [1.807, 2.05) is 38.3 Å². The standard InChI is InChI=1S/C15H23NO3S/c1-10(2)15(4,14(18)19)9-13(17)16(5)11(3)12-7-6-8-20-12/h6-8,10-11H,9H2,1-5H3,(H,18,19). The summed E-state index contributed by atoms with van der Waals surface area (Å²) in [5.74, 6) is -1.16. The molecule has 0 spiro atoms. The summed E-state index contributed by atoms with van der Waals surface area (Å²) in [7, 11) is 1.73. The van der Waals surface area contributed by atoms with E-state index < -0.39 is 11.4 Å². The van der Waals surface area contributed by atoms with Crippen molar-refractivity contribution in [2.24, 2.45) is 11.3 Å². The number of carboxylic acid groups (broad SMARTS) is 1. The minimum Gasteiger partial charge on any atom is -0.481 e. The molecule has 0 aliphatic rings. The van der Waals surface area contributed by atoms with Crippen molar-refractivity contribution in [1.29, 1.82) is 0 Å². The van der Waals surface area contributed by atoms with E-state index >= 15 is 0 Å². The lowest BCUT2D eigenvalue weighted by Gasteiger charge is -2.32. The molecule has 2 atom stereocenters. The van der Waals surface area contributed by atoms with Crippen LogP contribution in [0.25, 0.3) is 0 Å². The van der Waals surface area contributed by atoms with Gasteiger partial charge in [0.2, 0.25) is 5.91 Å². The molecule has 0 saturated heterocycles. The van der Waals surface area contributed by atoms with Gasteiger partial charge in [0, 0.05) is 18.3 Å². The van der Waals surface area contributed by atoms with Crippen molar-refractivity contribution in [3.8, 4) is 0 Å². The minimum atomic E-state index is -1.03. The molecule has 2 unspecified atom stereocenters. The quantitative estimate of drug-likeness (QED) is 0.875. The molecule has 1 heterocycles. The van der Waals surface area contributed by atoms with Crippen LogP contribution in [0.3, 0.4) is 0 Å². The van der Waals surface area contributed by atoms with Crippen LogP contribution in [-0.4, -0.2) is 28.9 Å². The molecule has 1 amide bonds. The molecule has 0 aliphatic carbocycles. The average Bonchev–Trinajstić information content (AvgIpc) is 2.89. The van der Waals surface area contributed by atoms with E-state index in [1.54, 1.807) is 30.2 Å². The van der Waals surface area contributed by atoms with Gasteiger partial charge < -0.3 is 10.0 Å². The highest BCUT2D eigenvalue weighted by Crippen LogP contribution is 2.33. The molecule has 1 aromatic heterocycles. The van der Waals surface area contributed by atoms with Gasteiger partial charge in [-0.15, -0.1) is 11.3 Å². The first-order valence-corrected chi connectivity index (χ1v) is 7.60. The number of nitrogens with zero attached hydrogens (tertiary/aromatic N) is 1. The van der Waals surface area contributed by atoms with Gasteiger partial charge in [0.15, 0.2) is 0 Å². The topological polar surface area (TPSA) is 57.6 Å². The molecule has 20 heavy (non-hydrogen) atoms. The molecule has 0 bridgehead atoms. The Kier molecular flexibility index (Phi) is 5.34. The van der Waals surface area contributed by atoms with E-state index in [4.69, 9.17) is 0 Å². The van der Waals surface area contributed by atoms with Crippen molar-refractivity contribution in [3.05, 3.63) is 22.4 Å². The fourth-order valence-corrected chi connectivity index (χ4v) is 2.73. The number of hydrogen-bond donors (Lipinski definition) is 1. The number of thiophene rings is 1. The maximum atomic E-state index is 12.4. The van der Waals surface area contributed by atoms with Gasteiger partial charge in [-0.05, 0) is 31.2 Å². The lowest BCUT2D eigenvalue weighted by molar-refractivity contribution is -0.155. The highest BCUT2D eigenvalue weighted by Gasteiger charge is 2.40. The highest BCUT2D eigenvalue weighted by molar-refractivity contribution is 7.10. The largest absolute Gasteiger partial charge is 0.481 e. The summed E-state index contributed by atoms with van der Waals surface area (Å²) in [6.45, 7) is 7.27. The Balaban J connectivity index is 2.82. The molecule has 0 aromatic carbocycles. The zero-order valence-corrected chi connectivity index (χ0v) is 13.5. The molecular formula is C15H23NO3S. The van der Waals surface area contributed by atoms with Crippen LogP contribution in [0.2, 0.25) is 0 Å². The summed E-state index contributed by atoms with van der Waals surface area (Å²) in [5.41, 5.74) is -1.03. The number of rotatable bonds is 6. The van der Waals surface area contributed by atoms with Gasteiger partial charge >= 0.3 is 5.97 Å². The fraction of sp³-hybridized carbons (Fsp3) is 0.600. The van der Waals surface area contributed by atoms with Crippen LogP contribution in [0, 0.1) is 11.3 Å². The number of carbonyl (C=O) groups excluding carboxylic acids is 1.